The fourth-order valence-electron chi connectivity index (χ4n) is 4.25. The first-order valence-electron chi connectivity index (χ1n) is 10.3. The largest absolute Gasteiger partial charge is 0.493 e. The second-order valence-corrected chi connectivity index (χ2v) is 7.52. The summed E-state index contributed by atoms with van der Waals surface area (Å²) in [6, 6.07) is 9.87. The highest BCUT2D eigenvalue weighted by molar-refractivity contribution is 5.69. The molecule has 1 N–H and O–H groups in total. The van der Waals surface area contributed by atoms with Gasteiger partial charge in [-0.25, -0.2) is 0 Å². The number of ether oxygens (including phenoxy) is 5. The molecule has 0 amide bonds. The molecular weight excluding hydrogens is 398 g/mol. The molecule has 7 heteroatoms. The molecular formula is C24H31NO6. The van der Waals surface area contributed by atoms with E-state index >= 15 is 0 Å². The number of fused-ring (bicyclic) bond motifs is 1. The average Bonchev–Trinajstić information content (AvgIpc) is 2.81. The van der Waals surface area contributed by atoms with E-state index in [2.05, 4.69) is 5.32 Å². The minimum absolute atomic E-state index is 0.0253. The minimum Gasteiger partial charge on any atom is -0.493 e. The average molecular weight is 430 g/mol. The van der Waals surface area contributed by atoms with Crippen molar-refractivity contribution in [3.63, 3.8) is 0 Å². The second-order valence-electron chi connectivity index (χ2n) is 7.52. The zero-order chi connectivity index (χ0) is 22.4. The van der Waals surface area contributed by atoms with Crippen LogP contribution in [-0.2, 0) is 22.4 Å². The second kappa shape index (κ2) is 10.4. The number of rotatable bonds is 9. The Morgan fingerprint density at radius 2 is 1.58 bits per heavy atom. The molecule has 2 aromatic carbocycles. The van der Waals surface area contributed by atoms with Gasteiger partial charge in [0.25, 0.3) is 0 Å². The van der Waals surface area contributed by atoms with Crippen LogP contribution in [0.15, 0.2) is 30.3 Å². The van der Waals surface area contributed by atoms with Gasteiger partial charge in [-0.15, -0.1) is 0 Å². The van der Waals surface area contributed by atoms with Crippen LogP contribution in [-0.4, -0.2) is 48.1 Å². The topological polar surface area (TPSA) is 75.3 Å². The molecule has 0 aromatic heterocycles. The van der Waals surface area contributed by atoms with E-state index in [1.54, 1.807) is 28.4 Å². The van der Waals surface area contributed by atoms with Crippen molar-refractivity contribution in [1.29, 1.82) is 0 Å². The van der Waals surface area contributed by atoms with Crippen LogP contribution in [0.25, 0.3) is 0 Å². The minimum atomic E-state index is -0.236. The van der Waals surface area contributed by atoms with Crippen LogP contribution in [0.5, 0.6) is 23.0 Å². The molecule has 0 fully saturated rings. The van der Waals surface area contributed by atoms with Crippen LogP contribution in [0.1, 0.15) is 29.2 Å². The maximum atomic E-state index is 12.3. The molecule has 0 radical (unpaired) electrons. The molecule has 31 heavy (non-hydrogen) atoms. The summed E-state index contributed by atoms with van der Waals surface area (Å²) in [7, 11) is 7.92. The molecule has 0 aliphatic carbocycles. The molecule has 2 atom stereocenters. The Kier molecular flexibility index (Phi) is 7.63. The van der Waals surface area contributed by atoms with Crippen LogP contribution < -0.4 is 24.3 Å². The maximum Gasteiger partial charge on any atom is 0.305 e. The molecule has 7 nitrogen and oxygen atoms in total. The van der Waals surface area contributed by atoms with E-state index in [-0.39, 0.29) is 24.3 Å². The predicted octanol–water partition coefficient (Wildman–Crippen LogP) is 3.33. The van der Waals surface area contributed by atoms with Gasteiger partial charge in [-0.3, -0.25) is 4.79 Å². The first-order valence-corrected chi connectivity index (χ1v) is 10.3. The Bertz CT molecular complexity index is 913. The number of carbonyl (C=O) groups is 1. The lowest BCUT2D eigenvalue weighted by atomic mass is 9.81. The van der Waals surface area contributed by atoms with Crippen LogP contribution in [0.3, 0.4) is 0 Å². The third-order valence-corrected chi connectivity index (χ3v) is 5.81. The number of hydrogen-bond donors (Lipinski definition) is 1. The van der Waals surface area contributed by atoms with Gasteiger partial charge in [0.1, 0.15) is 0 Å². The third kappa shape index (κ3) is 5.05. The van der Waals surface area contributed by atoms with Crippen molar-refractivity contribution in [2.75, 3.05) is 42.1 Å². The summed E-state index contributed by atoms with van der Waals surface area (Å²) in [4.78, 5) is 12.3. The van der Waals surface area contributed by atoms with Crippen LogP contribution in [0.2, 0.25) is 0 Å². The van der Waals surface area contributed by atoms with Crippen molar-refractivity contribution < 1.29 is 28.5 Å². The number of esters is 1. The molecule has 1 aliphatic heterocycles. The van der Waals surface area contributed by atoms with E-state index in [0.29, 0.717) is 29.4 Å². The molecule has 0 bridgehead atoms. The Balaban J connectivity index is 1.98. The zero-order valence-corrected chi connectivity index (χ0v) is 18.8. The standard InChI is InChI=1S/C24H31NO6/c1-27-19-7-6-15(11-20(19)28-2)10-17(13-23(26)31-5)24-18-14-22(30-4)21(29-3)12-16(18)8-9-25-24/h6-7,11-12,14,17,24-25H,8-10,13H2,1-5H3/t17?,24-/m1/s1. The number of methoxy groups -OCH3 is 5. The van der Waals surface area contributed by atoms with Gasteiger partial charge in [-0.05, 0) is 66.3 Å². The van der Waals surface area contributed by atoms with E-state index in [9.17, 15) is 4.79 Å². The number of benzene rings is 2. The molecule has 0 spiro atoms. The van der Waals surface area contributed by atoms with E-state index in [1.165, 1.54) is 12.7 Å². The van der Waals surface area contributed by atoms with Crippen molar-refractivity contribution in [3.05, 3.63) is 47.0 Å². The monoisotopic (exact) mass is 429 g/mol. The summed E-state index contributed by atoms with van der Waals surface area (Å²) < 4.78 is 26.8. The lowest BCUT2D eigenvalue weighted by Crippen LogP contribution is -2.36. The fourth-order valence-corrected chi connectivity index (χ4v) is 4.25. The summed E-state index contributed by atoms with van der Waals surface area (Å²) in [5.74, 6) is 2.47. The molecule has 3 rings (SSSR count). The Hall–Kier alpha value is -2.93. The van der Waals surface area contributed by atoms with Crippen molar-refractivity contribution in [1.82, 2.24) is 5.32 Å². The fraction of sp³-hybridized carbons (Fsp3) is 0.458. The quantitative estimate of drug-likeness (QED) is 0.613. The number of hydrogen-bond acceptors (Lipinski definition) is 7. The Morgan fingerprint density at radius 3 is 2.23 bits per heavy atom. The van der Waals surface area contributed by atoms with Crippen molar-refractivity contribution in [2.45, 2.75) is 25.3 Å². The molecule has 1 unspecified atom stereocenters. The van der Waals surface area contributed by atoms with Crippen molar-refractivity contribution >= 4 is 5.97 Å². The first-order chi connectivity index (χ1) is 15.0. The van der Waals surface area contributed by atoms with E-state index < -0.39 is 0 Å². The summed E-state index contributed by atoms with van der Waals surface area (Å²) in [5.41, 5.74) is 3.38. The third-order valence-electron chi connectivity index (χ3n) is 5.81. The van der Waals surface area contributed by atoms with Crippen molar-refractivity contribution in [2.24, 2.45) is 5.92 Å². The van der Waals surface area contributed by atoms with Crippen LogP contribution in [0, 0.1) is 5.92 Å². The summed E-state index contributed by atoms with van der Waals surface area (Å²) >= 11 is 0. The van der Waals surface area contributed by atoms with E-state index in [0.717, 1.165) is 24.1 Å². The van der Waals surface area contributed by atoms with Gasteiger partial charge >= 0.3 is 5.97 Å². The molecule has 1 aliphatic rings. The molecule has 0 saturated heterocycles. The highest BCUT2D eigenvalue weighted by atomic mass is 16.5. The summed E-state index contributed by atoms with van der Waals surface area (Å²) in [6.07, 6.45) is 1.84. The normalized spacial score (nSPS) is 16.1. The maximum absolute atomic E-state index is 12.3. The smallest absolute Gasteiger partial charge is 0.305 e. The van der Waals surface area contributed by atoms with Crippen molar-refractivity contribution in [3.8, 4) is 23.0 Å². The Labute approximate surface area is 183 Å². The van der Waals surface area contributed by atoms with Gasteiger partial charge in [-0.2, -0.15) is 0 Å². The SMILES string of the molecule is COC(=O)CC(Cc1ccc(OC)c(OC)c1)[C@H]1NCCc2cc(OC)c(OC)cc21. The molecule has 0 saturated carbocycles. The number of nitrogens with one attached hydrogen (secondary N) is 1. The van der Waals surface area contributed by atoms with Gasteiger partial charge in [0.2, 0.25) is 0 Å². The van der Waals surface area contributed by atoms with Crippen LogP contribution in [0.4, 0.5) is 0 Å². The predicted molar refractivity (Wildman–Crippen MR) is 117 cm³/mol. The summed E-state index contributed by atoms with van der Waals surface area (Å²) in [5, 5.41) is 3.60. The first kappa shape index (κ1) is 22.7. The van der Waals surface area contributed by atoms with E-state index in [1.807, 2.05) is 30.3 Å². The van der Waals surface area contributed by atoms with Gasteiger partial charge in [0, 0.05) is 6.04 Å². The van der Waals surface area contributed by atoms with Gasteiger partial charge < -0.3 is 29.0 Å². The van der Waals surface area contributed by atoms with Crippen LogP contribution >= 0.6 is 0 Å². The lowest BCUT2D eigenvalue weighted by Gasteiger charge is -2.34. The van der Waals surface area contributed by atoms with E-state index in [4.69, 9.17) is 23.7 Å². The van der Waals surface area contributed by atoms with Gasteiger partial charge in [-0.1, -0.05) is 6.07 Å². The zero-order valence-electron chi connectivity index (χ0n) is 18.8. The number of carbonyl (C=O) groups excluding carboxylic acids is 1. The molecule has 2 aromatic rings. The van der Waals surface area contributed by atoms with Gasteiger partial charge in [0.05, 0.1) is 42.0 Å². The molecule has 168 valence electrons. The summed E-state index contributed by atoms with van der Waals surface area (Å²) in [6.45, 7) is 0.816. The Morgan fingerprint density at radius 1 is 0.935 bits per heavy atom. The van der Waals surface area contributed by atoms with Gasteiger partial charge in [0.15, 0.2) is 23.0 Å². The molecule has 1 heterocycles. The lowest BCUT2D eigenvalue weighted by molar-refractivity contribution is -0.142. The highest BCUT2D eigenvalue weighted by Crippen LogP contribution is 2.40. The highest BCUT2D eigenvalue weighted by Gasteiger charge is 2.31.